The first-order valence-electron chi connectivity index (χ1n) is 12.1. The number of hydrogen-bond acceptors (Lipinski definition) is 4. The molecule has 0 N–H and O–H groups in total. The minimum Gasteiger partial charge on any atom is -0.422 e. The van der Waals surface area contributed by atoms with Crippen LogP contribution >= 0.6 is 0 Å². The van der Waals surface area contributed by atoms with Gasteiger partial charge in [0.2, 0.25) is 0 Å². The summed E-state index contributed by atoms with van der Waals surface area (Å²) in [6.45, 7) is 14.1. The largest absolute Gasteiger partial charge is 0.422 e. The molecule has 2 atom stereocenters. The van der Waals surface area contributed by atoms with Gasteiger partial charge in [-0.2, -0.15) is 0 Å². The van der Waals surface area contributed by atoms with Crippen molar-refractivity contribution in [3.63, 3.8) is 0 Å². The van der Waals surface area contributed by atoms with Crippen molar-refractivity contribution in [2.75, 3.05) is 0 Å². The zero-order chi connectivity index (χ0) is 23.0. The number of carbonyl (C=O) groups is 2. The van der Waals surface area contributed by atoms with E-state index in [4.69, 9.17) is 9.47 Å². The van der Waals surface area contributed by atoms with Crippen LogP contribution in [0.25, 0.3) is 0 Å². The number of carbonyl (C=O) groups excluding carboxylic acids is 2. The minimum absolute atomic E-state index is 0.0411. The normalized spacial score (nSPS) is 24.3. The Morgan fingerprint density at radius 2 is 1.74 bits per heavy atom. The average Bonchev–Trinajstić information content (AvgIpc) is 2.66. The van der Waals surface area contributed by atoms with Crippen LogP contribution in [-0.4, -0.2) is 11.9 Å². The van der Waals surface area contributed by atoms with Crippen molar-refractivity contribution in [1.29, 1.82) is 0 Å². The highest BCUT2D eigenvalue weighted by molar-refractivity contribution is 5.77. The monoisotopic (exact) mass is 428 g/mol. The van der Waals surface area contributed by atoms with Crippen molar-refractivity contribution < 1.29 is 19.1 Å². The van der Waals surface area contributed by atoms with Gasteiger partial charge in [-0.05, 0) is 54.9 Å². The molecule has 0 amide bonds. The molecule has 0 bridgehead atoms. The number of aryl methyl sites for hydroxylation is 1. The van der Waals surface area contributed by atoms with Crippen LogP contribution in [0.5, 0.6) is 11.5 Å². The lowest BCUT2D eigenvalue weighted by Crippen LogP contribution is -2.50. The number of rotatable bonds is 6. The number of esters is 2. The first-order chi connectivity index (χ1) is 14.5. The molecule has 1 saturated carbocycles. The number of hydrogen-bond donors (Lipinski definition) is 0. The molecule has 31 heavy (non-hydrogen) atoms. The molecule has 0 heterocycles. The lowest BCUT2D eigenvalue weighted by atomic mass is 9.48. The van der Waals surface area contributed by atoms with Gasteiger partial charge in [0.15, 0.2) is 11.5 Å². The fraction of sp³-hybridized carbons (Fsp3) is 0.704. The molecule has 1 aromatic carbocycles. The van der Waals surface area contributed by atoms with E-state index in [-0.39, 0.29) is 28.7 Å². The average molecular weight is 429 g/mol. The molecule has 0 spiro atoms. The number of benzene rings is 1. The highest BCUT2D eigenvalue weighted by atomic mass is 16.6. The molecule has 0 aliphatic heterocycles. The van der Waals surface area contributed by atoms with Crippen molar-refractivity contribution >= 4 is 11.9 Å². The summed E-state index contributed by atoms with van der Waals surface area (Å²) in [5.74, 6) is 0.908. The van der Waals surface area contributed by atoms with Gasteiger partial charge in [0.25, 0.3) is 0 Å². The van der Waals surface area contributed by atoms with Gasteiger partial charge in [0.1, 0.15) is 0 Å². The Kier molecular flexibility index (Phi) is 6.88. The summed E-state index contributed by atoms with van der Waals surface area (Å²) in [5, 5.41) is 0. The molecule has 4 nitrogen and oxygen atoms in total. The first kappa shape index (κ1) is 23.8. The van der Waals surface area contributed by atoms with Gasteiger partial charge >= 0.3 is 11.9 Å². The Morgan fingerprint density at radius 3 is 2.32 bits per heavy atom. The van der Waals surface area contributed by atoms with E-state index in [0.717, 1.165) is 49.7 Å². The molecule has 1 fully saturated rings. The van der Waals surface area contributed by atoms with E-state index in [0.29, 0.717) is 17.4 Å². The van der Waals surface area contributed by atoms with Gasteiger partial charge in [0.05, 0.1) is 0 Å². The topological polar surface area (TPSA) is 52.6 Å². The smallest absolute Gasteiger partial charge is 0.308 e. The maximum absolute atomic E-state index is 12.3. The summed E-state index contributed by atoms with van der Waals surface area (Å²) in [6.07, 6.45) is 8.99. The second-order valence-corrected chi connectivity index (χ2v) is 10.7. The lowest BCUT2D eigenvalue weighted by Gasteiger charge is -2.56. The van der Waals surface area contributed by atoms with E-state index in [1.54, 1.807) is 0 Å². The Labute approximate surface area is 188 Å². The number of unbranched alkanes of at least 4 members (excludes halogenated alkanes) is 1. The second kappa shape index (κ2) is 8.96. The van der Waals surface area contributed by atoms with Crippen molar-refractivity contribution in [2.45, 2.75) is 111 Å². The molecule has 0 saturated heterocycles. The fourth-order valence-electron chi connectivity index (χ4n) is 6.52. The SMILES string of the molecule is CCCC[C@]12CCCC(C)(C)[C@@H]1CCc1cc(C(C)C)c(OC(C)=O)c(OC(C)=O)c12. The van der Waals surface area contributed by atoms with Gasteiger partial charge in [-0.1, -0.05) is 59.9 Å². The van der Waals surface area contributed by atoms with Gasteiger partial charge in [-0.15, -0.1) is 0 Å². The zero-order valence-corrected chi connectivity index (χ0v) is 20.5. The molecule has 172 valence electrons. The summed E-state index contributed by atoms with van der Waals surface area (Å²) in [5.41, 5.74) is 3.57. The van der Waals surface area contributed by atoms with Crippen LogP contribution in [0.2, 0.25) is 0 Å². The molecule has 0 unspecified atom stereocenters. The van der Waals surface area contributed by atoms with Crippen molar-refractivity contribution in [3.05, 3.63) is 22.8 Å². The van der Waals surface area contributed by atoms with Crippen LogP contribution in [-0.2, 0) is 21.4 Å². The van der Waals surface area contributed by atoms with E-state index >= 15 is 0 Å². The van der Waals surface area contributed by atoms with Crippen LogP contribution < -0.4 is 9.47 Å². The summed E-state index contributed by atoms with van der Waals surface area (Å²) in [7, 11) is 0. The molecule has 0 radical (unpaired) electrons. The molecule has 1 aromatic rings. The second-order valence-electron chi connectivity index (χ2n) is 10.7. The molecule has 3 rings (SSSR count). The third-order valence-corrected chi connectivity index (χ3v) is 7.69. The summed E-state index contributed by atoms with van der Waals surface area (Å²) in [6, 6.07) is 2.23. The Balaban J connectivity index is 2.36. The summed E-state index contributed by atoms with van der Waals surface area (Å²) >= 11 is 0. The van der Waals surface area contributed by atoms with Crippen molar-refractivity contribution in [2.24, 2.45) is 11.3 Å². The van der Waals surface area contributed by atoms with Crippen LogP contribution in [0.3, 0.4) is 0 Å². The van der Waals surface area contributed by atoms with E-state index in [1.807, 2.05) is 0 Å². The van der Waals surface area contributed by atoms with E-state index < -0.39 is 0 Å². The highest BCUT2D eigenvalue weighted by Gasteiger charge is 2.54. The van der Waals surface area contributed by atoms with E-state index in [9.17, 15) is 9.59 Å². The van der Waals surface area contributed by atoms with Gasteiger partial charge in [0, 0.05) is 30.4 Å². The first-order valence-corrected chi connectivity index (χ1v) is 12.1. The van der Waals surface area contributed by atoms with Gasteiger partial charge in [-0.25, -0.2) is 0 Å². The predicted octanol–water partition coefficient (Wildman–Crippen LogP) is 6.86. The Hall–Kier alpha value is -1.84. The highest BCUT2D eigenvalue weighted by Crippen LogP contribution is 2.62. The molecule has 2 aliphatic rings. The standard InChI is InChI=1S/C27H40O4/c1-8-9-14-27-15-10-13-26(6,7)22(27)12-11-20-16-21(17(2)3)24(30-18(4)28)25(23(20)27)31-19(5)29/h16-17,22H,8-15H2,1-7H3/t22-,27-/m0/s1. The van der Waals surface area contributed by atoms with Crippen molar-refractivity contribution in [3.8, 4) is 11.5 Å². The Bertz CT molecular complexity index is 851. The molecule has 2 aliphatic carbocycles. The maximum Gasteiger partial charge on any atom is 0.308 e. The molecule has 4 heteroatoms. The molecule has 0 aromatic heterocycles. The minimum atomic E-state index is -0.380. The summed E-state index contributed by atoms with van der Waals surface area (Å²) in [4.78, 5) is 24.3. The van der Waals surface area contributed by atoms with Crippen LogP contribution in [0.1, 0.15) is 116 Å². The van der Waals surface area contributed by atoms with Gasteiger partial charge in [-0.3, -0.25) is 9.59 Å². The van der Waals surface area contributed by atoms with Crippen molar-refractivity contribution in [1.82, 2.24) is 0 Å². The van der Waals surface area contributed by atoms with Crippen LogP contribution in [0.4, 0.5) is 0 Å². The molecular formula is C27H40O4. The van der Waals surface area contributed by atoms with E-state index in [2.05, 4.69) is 40.7 Å². The quantitative estimate of drug-likeness (QED) is 0.367. The van der Waals surface area contributed by atoms with Crippen LogP contribution in [0, 0.1) is 11.3 Å². The van der Waals surface area contributed by atoms with E-state index in [1.165, 1.54) is 32.3 Å². The number of ether oxygens (including phenoxy) is 2. The van der Waals surface area contributed by atoms with Gasteiger partial charge < -0.3 is 9.47 Å². The Morgan fingerprint density at radius 1 is 1.10 bits per heavy atom. The third kappa shape index (κ3) is 4.40. The molecular weight excluding hydrogens is 388 g/mol. The zero-order valence-electron chi connectivity index (χ0n) is 20.5. The number of fused-ring (bicyclic) bond motifs is 3. The van der Waals surface area contributed by atoms with Crippen LogP contribution in [0.15, 0.2) is 6.07 Å². The third-order valence-electron chi connectivity index (χ3n) is 7.69. The predicted molar refractivity (Wildman–Crippen MR) is 124 cm³/mol. The fourth-order valence-corrected chi connectivity index (χ4v) is 6.52. The lowest BCUT2D eigenvalue weighted by molar-refractivity contribution is -0.134. The maximum atomic E-state index is 12.3. The summed E-state index contributed by atoms with van der Waals surface area (Å²) < 4.78 is 11.7.